The molecule has 1 aromatic rings. The first-order chi connectivity index (χ1) is 11.6. The molecule has 1 fully saturated rings. The number of nitrogen functional groups attached to an aromatic ring is 1. The Kier molecular flexibility index (Phi) is 7.01. The highest BCUT2D eigenvalue weighted by atomic mass is 16.8. The van der Waals surface area contributed by atoms with Gasteiger partial charge in [0.05, 0.1) is 13.2 Å². The first-order valence-electron chi connectivity index (χ1n) is 8.01. The number of hydrogen-bond acceptors (Lipinski definition) is 8. The third kappa shape index (κ3) is 5.50. The van der Waals surface area contributed by atoms with Gasteiger partial charge in [-0.15, -0.1) is 0 Å². The smallest absolute Gasteiger partial charge is 0.434 e. The minimum Gasteiger partial charge on any atom is -0.434 e. The molecule has 0 spiro atoms. The largest absolute Gasteiger partial charge is 0.508 e. The van der Waals surface area contributed by atoms with Crippen LogP contribution in [0.5, 0.6) is 0 Å². The first kappa shape index (κ1) is 18.2. The SMILES string of the molecule is CCCCCCOC(=O)OCC1OCC(n2ccc(N)nc2=O)O1. The summed E-state index contributed by atoms with van der Waals surface area (Å²) < 4.78 is 22.0. The van der Waals surface area contributed by atoms with E-state index < -0.39 is 24.4 Å². The lowest BCUT2D eigenvalue weighted by Gasteiger charge is -2.13. The van der Waals surface area contributed by atoms with E-state index in [-0.39, 0.29) is 19.0 Å². The zero-order valence-electron chi connectivity index (χ0n) is 13.7. The summed E-state index contributed by atoms with van der Waals surface area (Å²) in [5.41, 5.74) is 4.90. The van der Waals surface area contributed by atoms with Crippen molar-refractivity contribution in [1.29, 1.82) is 0 Å². The van der Waals surface area contributed by atoms with E-state index in [9.17, 15) is 9.59 Å². The van der Waals surface area contributed by atoms with Crippen LogP contribution in [0.3, 0.4) is 0 Å². The maximum Gasteiger partial charge on any atom is 0.508 e. The molecule has 24 heavy (non-hydrogen) atoms. The quantitative estimate of drug-likeness (QED) is 0.558. The van der Waals surface area contributed by atoms with Gasteiger partial charge in [0.25, 0.3) is 0 Å². The number of ether oxygens (including phenoxy) is 4. The van der Waals surface area contributed by atoms with Gasteiger partial charge in [0.15, 0.2) is 12.5 Å². The zero-order valence-corrected chi connectivity index (χ0v) is 13.7. The van der Waals surface area contributed by atoms with Crippen LogP contribution in [0.2, 0.25) is 0 Å². The van der Waals surface area contributed by atoms with Gasteiger partial charge in [-0.1, -0.05) is 26.2 Å². The number of nitrogens with zero attached hydrogens (tertiary/aromatic N) is 2. The van der Waals surface area contributed by atoms with Gasteiger partial charge in [-0.05, 0) is 12.5 Å². The summed E-state index contributed by atoms with van der Waals surface area (Å²) in [6.07, 6.45) is 3.40. The number of carbonyl (C=O) groups excluding carboxylic acids is 1. The van der Waals surface area contributed by atoms with Crippen LogP contribution in [0.15, 0.2) is 17.1 Å². The van der Waals surface area contributed by atoms with E-state index in [2.05, 4.69) is 11.9 Å². The third-order valence-corrected chi connectivity index (χ3v) is 3.45. The van der Waals surface area contributed by atoms with Gasteiger partial charge in [-0.25, -0.2) is 9.59 Å². The molecular weight excluding hydrogens is 318 g/mol. The van der Waals surface area contributed by atoms with Crippen LogP contribution in [0.1, 0.15) is 38.8 Å². The monoisotopic (exact) mass is 341 g/mol. The van der Waals surface area contributed by atoms with Crippen molar-refractivity contribution in [1.82, 2.24) is 9.55 Å². The Morgan fingerprint density at radius 2 is 2.25 bits per heavy atom. The highest BCUT2D eigenvalue weighted by Gasteiger charge is 2.29. The van der Waals surface area contributed by atoms with Gasteiger partial charge in [0, 0.05) is 6.20 Å². The van der Waals surface area contributed by atoms with Crippen LogP contribution in [0, 0.1) is 0 Å². The molecule has 2 atom stereocenters. The van der Waals surface area contributed by atoms with Crippen molar-refractivity contribution in [2.45, 2.75) is 45.1 Å². The fourth-order valence-corrected chi connectivity index (χ4v) is 2.18. The molecule has 2 rings (SSSR count). The van der Waals surface area contributed by atoms with Crippen LogP contribution in [-0.4, -0.2) is 41.8 Å². The maximum atomic E-state index is 11.7. The van der Waals surface area contributed by atoms with E-state index in [1.807, 2.05) is 0 Å². The number of nitrogens with two attached hydrogens (primary N) is 1. The van der Waals surface area contributed by atoms with Gasteiger partial charge < -0.3 is 24.7 Å². The number of hydrogen-bond donors (Lipinski definition) is 1. The Bertz CT molecular complexity index is 591. The summed E-state index contributed by atoms with van der Waals surface area (Å²) in [6, 6.07) is 1.49. The average molecular weight is 341 g/mol. The van der Waals surface area contributed by atoms with Crippen LogP contribution < -0.4 is 11.4 Å². The highest BCUT2D eigenvalue weighted by Crippen LogP contribution is 2.19. The van der Waals surface area contributed by atoms with E-state index in [4.69, 9.17) is 24.7 Å². The molecular formula is C15H23N3O6. The van der Waals surface area contributed by atoms with Crippen molar-refractivity contribution in [3.8, 4) is 0 Å². The van der Waals surface area contributed by atoms with Gasteiger partial charge in [0.2, 0.25) is 0 Å². The number of aromatic nitrogens is 2. The Labute approximate surface area is 139 Å². The molecule has 0 aromatic carbocycles. The predicted molar refractivity (Wildman–Crippen MR) is 84.2 cm³/mol. The lowest BCUT2D eigenvalue weighted by Crippen LogP contribution is -2.29. The first-order valence-corrected chi connectivity index (χ1v) is 8.01. The minimum absolute atomic E-state index is 0.110. The second kappa shape index (κ2) is 9.24. The standard InChI is InChI=1S/C15H23N3O6/c1-2-3-4-5-8-21-15(20)23-10-13-22-9-12(24-13)18-7-6-11(16)17-14(18)19/h6-7,12-13H,2-5,8-10H2,1H3,(H2,16,17,19). The normalized spacial score (nSPS) is 20.0. The molecule has 9 nitrogen and oxygen atoms in total. The molecule has 1 aliphatic heterocycles. The molecule has 2 unspecified atom stereocenters. The number of carbonyl (C=O) groups is 1. The number of anilines is 1. The second-order valence-electron chi connectivity index (χ2n) is 5.37. The molecule has 1 aliphatic rings. The van der Waals surface area contributed by atoms with Crippen LogP contribution in [0.4, 0.5) is 10.6 Å². The van der Waals surface area contributed by atoms with Gasteiger partial charge in [0.1, 0.15) is 12.4 Å². The van der Waals surface area contributed by atoms with E-state index >= 15 is 0 Å². The third-order valence-electron chi connectivity index (χ3n) is 3.45. The van der Waals surface area contributed by atoms with Crippen LogP contribution >= 0.6 is 0 Å². The molecule has 134 valence electrons. The molecule has 0 amide bonds. The van der Waals surface area contributed by atoms with E-state index in [1.54, 1.807) is 0 Å². The predicted octanol–water partition coefficient (Wildman–Crippen LogP) is 1.43. The van der Waals surface area contributed by atoms with Crippen molar-refractivity contribution < 1.29 is 23.7 Å². The molecule has 0 bridgehead atoms. The lowest BCUT2D eigenvalue weighted by molar-refractivity contribution is -0.108. The highest BCUT2D eigenvalue weighted by molar-refractivity contribution is 5.59. The summed E-state index contributed by atoms with van der Waals surface area (Å²) in [7, 11) is 0. The fraction of sp³-hybridized carbons (Fsp3) is 0.667. The van der Waals surface area contributed by atoms with Gasteiger partial charge >= 0.3 is 11.8 Å². The summed E-state index contributed by atoms with van der Waals surface area (Å²) in [5.74, 6) is 0.136. The number of rotatable bonds is 8. The minimum atomic E-state index is -0.757. The average Bonchev–Trinajstić information content (AvgIpc) is 3.01. The van der Waals surface area contributed by atoms with Crippen molar-refractivity contribution in [2.24, 2.45) is 0 Å². The Morgan fingerprint density at radius 3 is 3.00 bits per heavy atom. The van der Waals surface area contributed by atoms with Crippen molar-refractivity contribution in [2.75, 3.05) is 25.6 Å². The van der Waals surface area contributed by atoms with Crippen molar-refractivity contribution >= 4 is 12.0 Å². The van der Waals surface area contributed by atoms with Gasteiger partial charge in [-0.2, -0.15) is 4.98 Å². The summed E-state index contributed by atoms with van der Waals surface area (Å²) in [5, 5.41) is 0. The second-order valence-corrected chi connectivity index (χ2v) is 5.37. The molecule has 0 radical (unpaired) electrons. The van der Waals surface area contributed by atoms with E-state index in [0.717, 1.165) is 25.7 Å². The molecule has 2 heterocycles. The molecule has 1 saturated heterocycles. The Morgan fingerprint density at radius 1 is 1.42 bits per heavy atom. The van der Waals surface area contributed by atoms with E-state index in [1.165, 1.54) is 16.8 Å². The van der Waals surface area contributed by atoms with Crippen LogP contribution in [-0.2, 0) is 18.9 Å². The molecule has 0 aliphatic carbocycles. The summed E-state index contributed by atoms with van der Waals surface area (Å²) >= 11 is 0. The summed E-state index contributed by atoms with van der Waals surface area (Å²) in [4.78, 5) is 26.8. The van der Waals surface area contributed by atoms with Gasteiger partial charge in [-0.3, -0.25) is 4.57 Å². The molecule has 2 N–H and O–H groups in total. The fourth-order valence-electron chi connectivity index (χ4n) is 2.18. The van der Waals surface area contributed by atoms with Crippen LogP contribution in [0.25, 0.3) is 0 Å². The number of unbranched alkanes of at least 4 members (excludes halogenated alkanes) is 3. The van der Waals surface area contributed by atoms with E-state index in [0.29, 0.717) is 6.61 Å². The summed E-state index contributed by atoms with van der Waals surface area (Å²) in [6.45, 7) is 2.48. The molecule has 0 saturated carbocycles. The molecule has 1 aromatic heterocycles. The zero-order chi connectivity index (χ0) is 17.4. The Hall–Kier alpha value is -2.13. The Balaban J connectivity index is 1.68. The lowest BCUT2D eigenvalue weighted by atomic mass is 10.2. The topological polar surface area (TPSA) is 115 Å². The maximum absolute atomic E-state index is 11.7. The van der Waals surface area contributed by atoms with Crippen molar-refractivity contribution in [3.05, 3.63) is 22.7 Å². The van der Waals surface area contributed by atoms with Crippen molar-refractivity contribution in [3.63, 3.8) is 0 Å². The molecule has 9 heteroatoms.